The third-order valence-electron chi connectivity index (χ3n) is 5.25. The van der Waals surface area contributed by atoms with E-state index in [9.17, 15) is 0 Å². The molecule has 3 heteroatoms. The molecule has 1 heterocycles. The van der Waals surface area contributed by atoms with Gasteiger partial charge in [-0.05, 0) is 64.7 Å². The molecule has 118 valence electrons. The zero-order chi connectivity index (χ0) is 14.8. The molecule has 0 aromatic carbocycles. The molecule has 0 radical (unpaired) electrons. The van der Waals surface area contributed by atoms with Gasteiger partial charge in [-0.2, -0.15) is 0 Å². The molecule has 20 heavy (non-hydrogen) atoms. The quantitative estimate of drug-likeness (QED) is 0.835. The maximum atomic E-state index is 3.77. The van der Waals surface area contributed by atoms with E-state index in [4.69, 9.17) is 0 Å². The maximum Gasteiger partial charge on any atom is 0.0257 e. The Hall–Kier alpha value is -0.120. The van der Waals surface area contributed by atoms with Crippen LogP contribution in [0.5, 0.6) is 0 Å². The van der Waals surface area contributed by atoms with Gasteiger partial charge in [-0.25, -0.2) is 0 Å². The van der Waals surface area contributed by atoms with E-state index < -0.39 is 0 Å². The van der Waals surface area contributed by atoms with Gasteiger partial charge in [-0.1, -0.05) is 20.8 Å². The number of nitrogens with one attached hydrogen (secondary N) is 1. The van der Waals surface area contributed by atoms with Crippen molar-refractivity contribution < 1.29 is 0 Å². The third kappa shape index (κ3) is 3.96. The topological polar surface area (TPSA) is 18.5 Å². The fourth-order valence-electron chi connectivity index (χ4n) is 4.31. The molecule has 3 atom stereocenters. The van der Waals surface area contributed by atoms with Gasteiger partial charge in [0.25, 0.3) is 0 Å². The van der Waals surface area contributed by atoms with Crippen LogP contribution in [0.2, 0.25) is 0 Å². The number of likely N-dealkylation sites (tertiary alicyclic amines) is 1. The van der Waals surface area contributed by atoms with E-state index in [1.807, 2.05) is 0 Å². The highest BCUT2D eigenvalue weighted by Gasteiger charge is 2.41. The Morgan fingerprint density at radius 2 is 2.00 bits per heavy atom. The lowest BCUT2D eigenvalue weighted by molar-refractivity contribution is 0.0500. The number of hydrogen-bond acceptors (Lipinski definition) is 3. The van der Waals surface area contributed by atoms with Crippen molar-refractivity contribution in [1.82, 2.24) is 15.1 Å². The summed E-state index contributed by atoms with van der Waals surface area (Å²) in [5.41, 5.74) is 0.516. The van der Waals surface area contributed by atoms with Crippen molar-refractivity contribution in [3.05, 3.63) is 0 Å². The Balaban J connectivity index is 2.08. The van der Waals surface area contributed by atoms with Crippen molar-refractivity contribution in [2.75, 3.05) is 33.7 Å². The minimum absolute atomic E-state index is 0.516. The molecular formula is C17H35N3. The summed E-state index contributed by atoms with van der Waals surface area (Å²) in [7, 11) is 4.42. The van der Waals surface area contributed by atoms with Crippen LogP contribution in [0.3, 0.4) is 0 Å². The third-order valence-corrected chi connectivity index (χ3v) is 5.25. The average Bonchev–Trinajstić information content (AvgIpc) is 2.78. The monoisotopic (exact) mass is 281 g/mol. The van der Waals surface area contributed by atoms with E-state index in [1.165, 1.54) is 45.2 Å². The van der Waals surface area contributed by atoms with Gasteiger partial charge in [0, 0.05) is 24.7 Å². The molecule has 0 aromatic rings. The summed E-state index contributed by atoms with van der Waals surface area (Å²) in [4.78, 5) is 5.20. The molecule has 1 saturated carbocycles. The van der Waals surface area contributed by atoms with Crippen molar-refractivity contribution >= 4 is 0 Å². The molecule has 3 unspecified atom stereocenters. The van der Waals surface area contributed by atoms with Crippen LogP contribution in [0.15, 0.2) is 0 Å². The second kappa shape index (κ2) is 6.76. The van der Waals surface area contributed by atoms with Crippen LogP contribution in [-0.4, -0.2) is 61.7 Å². The largest absolute Gasteiger partial charge is 0.313 e. The number of rotatable bonds is 5. The highest BCUT2D eigenvalue weighted by Crippen LogP contribution is 2.39. The van der Waals surface area contributed by atoms with Crippen LogP contribution in [0, 0.1) is 5.41 Å². The van der Waals surface area contributed by atoms with Gasteiger partial charge < -0.3 is 10.2 Å². The molecule has 1 N–H and O–H groups in total. The fraction of sp³-hybridized carbons (Fsp3) is 1.00. The van der Waals surface area contributed by atoms with Crippen LogP contribution in [0.4, 0.5) is 0 Å². The first kappa shape index (κ1) is 16.3. The van der Waals surface area contributed by atoms with Gasteiger partial charge in [-0.3, -0.25) is 4.90 Å². The van der Waals surface area contributed by atoms with Crippen LogP contribution in [-0.2, 0) is 0 Å². The molecular weight excluding hydrogens is 246 g/mol. The van der Waals surface area contributed by atoms with Crippen LogP contribution < -0.4 is 5.32 Å². The summed E-state index contributed by atoms with van der Waals surface area (Å²) >= 11 is 0. The number of nitrogens with zero attached hydrogens (tertiary/aromatic N) is 2. The van der Waals surface area contributed by atoms with Gasteiger partial charge in [0.1, 0.15) is 0 Å². The van der Waals surface area contributed by atoms with E-state index in [0.29, 0.717) is 11.5 Å². The number of hydrogen-bond donors (Lipinski definition) is 1. The van der Waals surface area contributed by atoms with Crippen molar-refractivity contribution in [1.29, 1.82) is 0 Å². The van der Waals surface area contributed by atoms with Gasteiger partial charge in [-0.15, -0.1) is 0 Å². The van der Waals surface area contributed by atoms with E-state index in [-0.39, 0.29) is 0 Å². The van der Waals surface area contributed by atoms with Crippen molar-refractivity contribution in [3.8, 4) is 0 Å². The predicted octanol–water partition coefficient (Wildman–Crippen LogP) is 2.57. The van der Waals surface area contributed by atoms with Gasteiger partial charge in [0.15, 0.2) is 0 Å². The minimum atomic E-state index is 0.516. The van der Waals surface area contributed by atoms with Crippen LogP contribution in [0.25, 0.3) is 0 Å². The average molecular weight is 281 g/mol. The normalized spacial score (nSPS) is 34.8. The lowest BCUT2D eigenvalue weighted by Gasteiger charge is -2.47. The summed E-state index contributed by atoms with van der Waals surface area (Å²) in [5, 5.41) is 3.77. The summed E-state index contributed by atoms with van der Waals surface area (Å²) in [6, 6.07) is 2.21. The fourth-order valence-corrected chi connectivity index (χ4v) is 4.31. The Labute approximate surface area is 126 Å². The van der Waals surface area contributed by atoms with Crippen molar-refractivity contribution in [2.45, 2.75) is 71.0 Å². The summed E-state index contributed by atoms with van der Waals surface area (Å²) in [6.45, 7) is 10.8. The number of likely N-dealkylation sites (N-methyl/N-ethyl adjacent to an activating group) is 2. The molecule has 3 nitrogen and oxygen atoms in total. The zero-order valence-electron chi connectivity index (χ0n) is 14.3. The molecule has 1 aliphatic carbocycles. The first-order chi connectivity index (χ1) is 9.43. The second-order valence-corrected chi connectivity index (χ2v) is 7.93. The predicted molar refractivity (Wildman–Crippen MR) is 87.2 cm³/mol. The molecule has 2 rings (SSSR count). The van der Waals surface area contributed by atoms with E-state index in [2.05, 4.69) is 50.0 Å². The Morgan fingerprint density at radius 3 is 2.65 bits per heavy atom. The van der Waals surface area contributed by atoms with Gasteiger partial charge in [0.05, 0.1) is 0 Å². The second-order valence-electron chi connectivity index (χ2n) is 7.93. The minimum Gasteiger partial charge on any atom is -0.313 e. The van der Waals surface area contributed by atoms with Gasteiger partial charge in [0.2, 0.25) is 0 Å². The van der Waals surface area contributed by atoms with Gasteiger partial charge >= 0.3 is 0 Å². The van der Waals surface area contributed by atoms with Crippen LogP contribution >= 0.6 is 0 Å². The maximum absolute atomic E-state index is 3.77. The Kier molecular flexibility index (Phi) is 5.49. The van der Waals surface area contributed by atoms with Crippen molar-refractivity contribution in [2.24, 2.45) is 5.41 Å². The summed E-state index contributed by atoms with van der Waals surface area (Å²) in [6.07, 6.45) is 6.83. The SMILES string of the molecule is CCNC1CCC(C)(C)CC1N1CCCC1CN(C)C. The molecule has 0 aromatic heterocycles. The molecule has 1 saturated heterocycles. The molecule has 2 fully saturated rings. The smallest absolute Gasteiger partial charge is 0.0257 e. The highest BCUT2D eigenvalue weighted by atomic mass is 15.3. The Morgan fingerprint density at radius 1 is 1.25 bits per heavy atom. The van der Waals surface area contributed by atoms with E-state index >= 15 is 0 Å². The summed E-state index contributed by atoms with van der Waals surface area (Å²) in [5.74, 6) is 0. The molecule has 0 bridgehead atoms. The lowest BCUT2D eigenvalue weighted by atomic mass is 9.72. The molecule has 0 spiro atoms. The lowest BCUT2D eigenvalue weighted by Crippen LogP contribution is -2.57. The molecule has 1 aliphatic heterocycles. The molecule has 0 amide bonds. The zero-order valence-corrected chi connectivity index (χ0v) is 14.3. The van der Waals surface area contributed by atoms with Crippen LogP contribution in [0.1, 0.15) is 52.9 Å². The van der Waals surface area contributed by atoms with E-state index in [0.717, 1.165) is 18.6 Å². The Bertz CT molecular complexity index is 301. The van der Waals surface area contributed by atoms with Crippen molar-refractivity contribution in [3.63, 3.8) is 0 Å². The van der Waals surface area contributed by atoms with E-state index in [1.54, 1.807) is 0 Å². The highest BCUT2D eigenvalue weighted by molar-refractivity contribution is 4.98. The first-order valence-corrected chi connectivity index (χ1v) is 8.57. The first-order valence-electron chi connectivity index (χ1n) is 8.57. The summed E-state index contributed by atoms with van der Waals surface area (Å²) < 4.78 is 0. The standard InChI is InChI=1S/C17H35N3/c1-6-18-15-9-10-17(2,3)12-16(15)20-11-7-8-14(20)13-19(4)5/h14-16,18H,6-13H2,1-5H3. The molecule has 2 aliphatic rings.